The van der Waals surface area contributed by atoms with Gasteiger partial charge in [0.05, 0.1) is 5.69 Å². The Hall–Kier alpha value is -0.920. The smallest absolute Gasteiger partial charge is 0.262 e. The van der Waals surface area contributed by atoms with Crippen molar-refractivity contribution in [2.75, 3.05) is 11.9 Å². The maximum atomic E-state index is 13.6. The molecule has 2 rings (SSSR count). The molecule has 0 aliphatic rings. The van der Waals surface area contributed by atoms with Crippen LogP contribution in [0.1, 0.15) is 5.56 Å². The lowest BCUT2D eigenvalue weighted by Gasteiger charge is -2.12. The number of ether oxygens (including phenoxy) is 1. The normalized spacial score (nSPS) is 10.4. The summed E-state index contributed by atoms with van der Waals surface area (Å²) < 4.78 is 20.9. The summed E-state index contributed by atoms with van der Waals surface area (Å²) in [7, 11) is 0. The predicted octanol–water partition coefficient (Wildman–Crippen LogP) is 5.44. The molecular weight excluding hydrogens is 485 g/mol. The average molecular weight is 496 g/mol. The Labute approximate surface area is 152 Å². The quantitative estimate of drug-likeness (QED) is 0.613. The lowest BCUT2D eigenvalue weighted by molar-refractivity contribution is -0.118. The summed E-state index contributed by atoms with van der Waals surface area (Å²) in [6, 6.07) is 8.15. The van der Waals surface area contributed by atoms with Crippen molar-refractivity contribution < 1.29 is 13.9 Å². The Morgan fingerprint density at radius 3 is 2.41 bits per heavy atom. The predicted molar refractivity (Wildman–Crippen MR) is 94.8 cm³/mol. The van der Waals surface area contributed by atoms with Crippen LogP contribution in [0.4, 0.5) is 10.1 Å². The summed E-state index contributed by atoms with van der Waals surface area (Å²) in [5, 5.41) is 2.72. The molecule has 0 aliphatic carbocycles. The van der Waals surface area contributed by atoms with Crippen LogP contribution in [0.3, 0.4) is 0 Å². The minimum Gasteiger partial charge on any atom is -0.481 e. The molecule has 3 nitrogen and oxygen atoms in total. The van der Waals surface area contributed by atoms with Crippen molar-refractivity contribution >= 4 is 59.4 Å². The number of amides is 1. The summed E-state index contributed by atoms with van der Waals surface area (Å²) in [4.78, 5) is 11.9. The third-order valence-corrected chi connectivity index (χ3v) is 4.45. The van der Waals surface area contributed by atoms with Crippen molar-refractivity contribution in [1.82, 2.24) is 0 Å². The van der Waals surface area contributed by atoms with Crippen molar-refractivity contribution in [3.05, 3.63) is 55.1 Å². The van der Waals surface area contributed by atoms with Crippen LogP contribution >= 0.6 is 47.8 Å². The molecule has 0 fully saturated rings. The lowest BCUT2D eigenvalue weighted by Crippen LogP contribution is -2.21. The Balaban J connectivity index is 2.02. The number of anilines is 1. The van der Waals surface area contributed by atoms with Crippen molar-refractivity contribution in [3.63, 3.8) is 0 Å². The molecule has 0 atom stereocenters. The molecule has 0 heterocycles. The van der Waals surface area contributed by atoms with Gasteiger partial charge in [-0.15, -0.1) is 0 Å². The van der Waals surface area contributed by atoms with E-state index in [2.05, 4.69) is 53.1 Å². The molecule has 0 bridgehead atoms. The van der Waals surface area contributed by atoms with Crippen LogP contribution in [-0.2, 0) is 4.79 Å². The van der Waals surface area contributed by atoms with Gasteiger partial charge >= 0.3 is 0 Å². The van der Waals surface area contributed by atoms with Crippen LogP contribution in [0.15, 0.2) is 43.7 Å². The zero-order chi connectivity index (χ0) is 16.3. The van der Waals surface area contributed by atoms with Crippen molar-refractivity contribution in [2.24, 2.45) is 0 Å². The fraction of sp³-hybridized carbons (Fsp3) is 0.133. The zero-order valence-electron chi connectivity index (χ0n) is 11.4. The first kappa shape index (κ1) is 17.4. The number of aryl methyl sites for hydroxylation is 1. The molecule has 0 spiro atoms. The van der Waals surface area contributed by atoms with E-state index in [4.69, 9.17) is 4.74 Å². The van der Waals surface area contributed by atoms with Crippen molar-refractivity contribution in [1.29, 1.82) is 0 Å². The van der Waals surface area contributed by atoms with Gasteiger partial charge in [-0.05, 0) is 74.7 Å². The molecule has 0 saturated heterocycles. The van der Waals surface area contributed by atoms with Crippen LogP contribution in [0.25, 0.3) is 0 Å². The SMILES string of the molecule is Cc1cc(Br)c(NC(=O)COc2ccc(Br)cc2F)c(Br)c1. The average Bonchev–Trinajstić information content (AvgIpc) is 2.42. The number of benzene rings is 2. The van der Waals surface area contributed by atoms with E-state index in [1.54, 1.807) is 6.07 Å². The van der Waals surface area contributed by atoms with Gasteiger partial charge in [0.15, 0.2) is 18.2 Å². The summed E-state index contributed by atoms with van der Waals surface area (Å²) in [6.45, 7) is 1.66. The molecule has 0 saturated carbocycles. The molecule has 0 radical (unpaired) electrons. The second kappa shape index (κ2) is 7.57. The van der Waals surface area contributed by atoms with Crippen LogP contribution in [0.5, 0.6) is 5.75 Å². The van der Waals surface area contributed by atoms with E-state index < -0.39 is 5.82 Å². The second-order valence-corrected chi connectivity index (χ2v) is 7.14. The van der Waals surface area contributed by atoms with Crippen LogP contribution in [-0.4, -0.2) is 12.5 Å². The topological polar surface area (TPSA) is 38.3 Å². The molecule has 0 aliphatic heterocycles. The van der Waals surface area contributed by atoms with E-state index >= 15 is 0 Å². The fourth-order valence-corrected chi connectivity index (χ4v) is 3.68. The van der Waals surface area contributed by atoms with E-state index in [0.717, 1.165) is 14.5 Å². The van der Waals surface area contributed by atoms with Gasteiger partial charge in [0, 0.05) is 13.4 Å². The van der Waals surface area contributed by atoms with E-state index in [1.807, 2.05) is 19.1 Å². The highest BCUT2D eigenvalue weighted by Gasteiger charge is 2.12. The van der Waals surface area contributed by atoms with Crippen molar-refractivity contribution in [2.45, 2.75) is 6.92 Å². The molecule has 1 amide bonds. The molecule has 7 heteroatoms. The summed E-state index contributed by atoms with van der Waals surface area (Å²) in [6.07, 6.45) is 0. The molecule has 1 N–H and O–H groups in total. The Morgan fingerprint density at radius 1 is 1.18 bits per heavy atom. The third-order valence-electron chi connectivity index (χ3n) is 2.70. The first-order valence-electron chi connectivity index (χ1n) is 6.20. The summed E-state index contributed by atoms with van der Waals surface area (Å²) >= 11 is 9.94. The first-order valence-corrected chi connectivity index (χ1v) is 8.58. The standard InChI is InChI=1S/C15H11Br3FNO2/c1-8-4-10(17)15(11(18)5-8)20-14(21)7-22-13-3-2-9(16)6-12(13)19/h2-6H,7H2,1H3,(H,20,21). The maximum absolute atomic E-state index is 13.6. The van der Waals surface area contributed by atoms with Gasteiger partial charge in [-0.2, -0.15) is 0 Å². The minimum absolute atomic E-state index is 0.0281. The second-order valence-electron chi connectivity index (χ2n) is 4.52. The molecule has 2 aromatic rings. The highest BCUT2D eigenvalue weighted by atomic mass is 79.9. The van der Waals surface area contributed by atoms with Crippen LogP contribution < -0.4 is 10.1 Å². The first-order chi connectivity index (χ1) is 10.4. The molecule has 2 aromatic carbocycles. The van der Waals surface area contributed by atoms with Crippen LogP contribution in [0, 0.1) is 12.7 Å². The zero-order valence-corrected chi connectivity index (χ0v) is 16.2. The Morgan fingerprint density at radius 2 is 1.82 bits per heavy atom. The number of nitrogens with one attached hydrogen (secondary N) is 1. The maximum Gasteiger partial charge on any atom is 0.262 e. The van der Waals surface area contributed by atoms with Gasteiger partial charge in [-0.3, -0.25) is 4.79 Å². The van der Waals surface area contributed by atoms with Gasteiger partial charge in [-0.25, -0.2) is 4.39 Å². The van der Waals surface area contributed by atoms with Crippen molar-refractivity contribution in [3.8, 4) is 5.75 Å². The number of halogens is 4. The molecule has 116 valence electrons. The highest BCUT2D eigenvalue weighted by molar-refractivity contribution is 9.11. The molecule has 0 unspecified atom stereocenters. The minimum atomic E-state index is -0.528. The van der Waals surface area contributed by atoms with E-state index in [-0.39, 0.29) is 18.3 Å². The lowest BCUT2D eigenvalue weighted by atomic mass is 10.2. The van der Waals surface area contributed by atoms with E-state index in [1.165, 1.54) is 12.1 Å². The number of carbonyl (C=O) groups excluding carboxylic acids is 1. The van der Waals surface area contributed by atoms with E-state index in [0.29, 0.717) is 10.2 Å². The number of carbonyl (C=O) groups is 1. The third kappa shape index (κ3) is 4.54. The Bertz CT molecular complexity index is 699. The molecular formula is C15H11Br3FNO2. The van der Waals surface area contributed by atoms with Gasteiger partial charge in [0.1, 0.15) is 0 Å². The van der Waals surface area contributed by atoms with Gasteiger partial charge < -0.3 is 10.1 Å². The largest absolute Gasteiger partial charge is 0.481 e. The summed E-state index contributed by atoms with van der Waals surface area (Å²) in [5.41, 5.74) is 1.65. The van der Waals surface area contributed by atoms with Crippen LogP contribution in [0.2, 0.25) is 0 Å². The van der Waals surface area contributed by atoms with Gasteiger partial charge in [-0.1, -0.05) is 15.9 Å². The Kier molecular flexibility index (Phi) is 6.00. The molecule has 22 heavy (non-hydrogen) atoms. The number of rotatable bonds is 4. The van der Waals surface area contributed by atoms with Gasteiger partial charge in [0.2, 0.25) is 0 Å². The number of hydrogen-bond acceptors (Lipinski definition) is 2. The number of hydrogen-bond donors (Lipinski definition) is 1. The fourth-order valence-electron chi connectivity index (χ4n) is 1.73. The summed E-state index contributed by atoms with van der Waals surface area (Å²) in [5.74, 6) is -0.882. The van der Waals surface area contributed by atoms with E-state index in [9.17, 15) is 9.18 Å². The van der Waals surface area contributed by atoms with Gasteiger partial charge in [0.25, 0.3) is 5.91 Å². The monoisotopic (exact) mass is 493 g/mol. The highest BCUT2D eigenvalue weighted by Crippen LogP contribution is 2.32. The molecule has 0 aromatic heterocycles.